The van der Waals surface area contributed by atoms with Gasteiger partial charge in [0.15, 0.2) is 0 Å². The van der Waals surface area contributed by atoms with E-state index in [-0.39, 0.29) is 11.4 Å². The molecule has 11 rings (SSSR count). The molecular formula is C49H42O2S. The first-order chi connectivity index (χ1) is 25.6. The van der Waals surface area contributed by atoms with E-state index >= 15 is 4.79 Å². The average Bonchev–Trinajstić information content (AvgIpc) is 3.19. The molecule has 0 N–H and O–H groups in total. The van der Waals surface area contributed by atoms with Crippen molar-refractivity contribution in [2.45, 2.75) is 53.2 Å². The second kappa shape index (κ2) is 12.5. The molecule has 0 radical (unpaired) electrons. The number of carbonyl (C=O) groups is 1. The zero-order valence-electron chi connectivity index (χ0n) is 29.3. The van der Waals surface area contributed by atoms with E-state index in [9.17, 15) is 0 Å². The van der Waals surface area contributed by atoms with Gasteiger partial charge < -0.3 is 4.18 Å². The Balaban J connectivity index is 1.13. The predicted molar refractivity (Wildman–Crippen MR) is 214 cm³/mol. The third kappa shape index (κ3) is 5.20. The first kappa shape index (κ1) is 31.6. The van der Waals surface area contributed by atoms with E-state index in [4.69, 9.17) is 4.18 Å². The minimum Gasteiger partial charge on any atom is -0.402 e. The van der Waals surface area contributed by atoms with Crippen LogP contribution < -0.4 is 0 Å². The molecule has 4 aliphatic carbocycles. The van der Waals surface area contributed by atoms with Gasteiger partial charge in [0.2, 0.25) is 0 Å². The van der Waals surface area contributed by atoms with Crippen molar-refractivity contribution < 1.29 is 8.98 Å². The highest BCUT2D eigenvalue weighted by atomic mass is 32.3. The van der Waals surface area contributed by atoms with Crippen LogP contribution in [0.3, 0.4) is 0 Å². The van der Waals surface area contributed by atoms with Crippen LogP contribution in [0.2, 0.25) is 0 Å². The lowest BCUT2D eigenvalue weighted by Gasteiger charge is -2.56. The van der Waals surface area contributed by atoms with Crippen LogP contribution in [-0.4, -0.2) is 5.97 Å². The lowest BCUT2D eigenvalue weighted by atomic mass is 9.49. The van der Waals surface area contributed by atoms with Crippen molar-refractivity contribution in [2.75, 3.05) is 0 Å². The second-order valence-corrected chi connectivity index (χ2v) is 18.2. The monoisotopic (exact) mass is 694 g/mol. The second-order valence-electron chi connectivity index (χ2n) is 15.5. The summed E-state index contributed by atoms with van der Waals surface area (Å²) in [5, 5.41) is 4.92. The van der Waals surface area contributed by atoms with Crippen LogP contribution in [0.4, 0.5) is 0 Å². The zero-order valence-corrected chi connectivity index (χ0v) is 30.1. The largest absolute Gasteiger partial charge is 0.402 e. The van der Waals surface area contributed by atoms with Crippen molar-refractivity contribution in [1.29, 1.82) is 0 Å². The van der Waals surface area contributed by atoms with Gasteiger partial charge in [-0.3, -0.25) is 4.79 Å². The van der Waals surface area contributed by atoms with Gasteiger partial charge in [-0.1, -0.05) is 127 Å². The Morgan fingerprint density at radius 2 is 0.865 bits per heavy atom. The molecular weight excluding hydrogens is 653 g/mol. The van der Waals surface area contributed by atoms with Crippen molar-refractivity contribution in [3.63, 3.8) is 0 Å². The van der Waals surface area contributed by atoms with Gasteiger partial charge in [-0.05, 0) is 147 Å². The van der Waals surface area contributed by atoms with Crippen LogP contribution in [0.1, 0.15) is 38.5 Å². The van der Waals surface area contributed by atoms with E-state index < -0.39 is 10.3 Å². The Hall–Kier alpha value is -5.12. The molecule has 0 heterocycles. The maximum Gasteiger partial charge on any atom is 0.323 e. The fourth-order valence-electron chi connectivity index (χ4n) is 10.3. The van der Waals surface area contributed by atoms with Crippen molar-refractivity contribution in [2.24, 2.45) is 23.2 Å². The van der Waals surface area contributed by atoms with E-state index in [1.54, 1.807) is 0 Å². The summed E-state index contributed by atoms with van der Waals surface area (Å²) < 4.78 is 7.36. The molecule has 4 aliphatic rings. The van der Waals surface area contributed by atoms with Gasteiger partial charge in [-0.15, -0.1) is 0 Å². The molecule has 7 aromatic rings. The van der Waals surface area contributed by atoms with E-state index in [0.29, 0.717) is 17.8 Å². The van der Waals surface area contributed by atoms with E-state index in [2.05, 4.69) is 164 Å². The number of fused-ring (bicyclic) bond motifs is 2. The van der Waals surface area contributed by atoms with Crippen molar-refractivity contribution in [1.82, 2.24) is 0 Å². The molecule has 0 aliphatic heterocycles. The standard InChI is InChI=1S/C49H42O2S/c50-48(49-31-34-28-35(32-49)30-36(29-34)33-49)51-52(41-14-2-1-3-15-41,42-24-20-39(21-25-42)46-18-8-12-37-10-4-6-16-44(37)46)43-26-22-40(23-27-43)47-19-9-13-38-11-5-7-17-45(38)47/h1-27,34-36H,28-33H2. The molecule has 0 saturated heterocycles. The molecule has 3 heteroatoms. The van der Waals surface area contributed by atoms with Crippen LogP contribution in [-0.2, 0) is 8.98 Å². The summed E-state index contributed by atoms with van der Waals surface area (Å²) in [6.45, 7) is 0. The number of carbonyl (C=O) groups excluding carboxylic acids is 1. The Morgan fingerprint density at radius 3 is 1.35 bits per heavy atom. The van der Waals surface area contributed by atoms with Crippen LogP contribution in [0.25, 0.3) is 43.8 Å². The molecule has 52 heavy (non-hydrogen) atoms. The first-order valence-electron chi connectivity index (χ1n) is 18.9. The molecule has 0 aromatic heterocycles. The average molecular weight is 695 g/mol. The molecule has 0 spiro atoms. The Kier molecular flexibility index (Phi) is 7.61. The molecule has 0 amide bonds. The lowest BCUT2D eigenvalue weighted by molar-refractivity contribution is -0.160. The Morgan fingerprint density at radius 1 is 0.462 bits per heavy atom. The molecule has 4 saturated carbocycles. The number of hydrogen-bond donors (Lipinski definition) is 0. The fraction of sp³-hybridized carbons (Fsp3) is 0.204. The summed E-state index contributed by atoms with van der Waals surface area (Å²) in [6.07, 6.45) is 6.78. The van der Waals surface area contributed by atoms with Gasteiger partial charge in [0, 0.05) is 14.7 Å². The highest BCUT2D eigenvalue weighted by molar-refractivity contribution is 8.30. The van der Waals surface area contributed by atoms with Crippen molar-refractivity contribution in [3.05, 3.63) is 164 Å². The number of hydrogen-bond acceptors (Lipinski definition) is 2. The number of benzene rings is 7. The van der Waals surface area contributed by atoms with E-state index in [1.807, 2.05) is 0 Å². The lowest BCUT2D eigenvalue weighted by Crippen LogP contribution is -2.50. The maximum absolute atomic E-state index is 15.1. The third-order valence-corrected chi connectivity index (χ3v) is 15.5. The molecule has 0 unspecified atom stereocenters. The quantitative estimate of drug-likeness (QED) is 0.166. The molecule has 4 bridgehead atoms. The summed E-state index contributed by atoms with van der Waals surface area (Å²) >= 11 is 0. The molecule has 0 atom stereocenters. The summed E-state index contributed by atoms with van der Waals surface area (Å²) in [4.78, 5) is 18.2. The molecule has 4 fully saturated rings. The van der Waals surface area contributed by atoms with Gasteiger partial charge in [-0.2, -0.15) is 0 Å². The Labute approximate surface area is 308 Å². The van der Waals surface area contributed by atoms with E-state index in [0.717, 1.165) is 45.1 Å². The van der Waals surface area contributed by atoms with Crippen LogP contribution >= 0.6 is 10.3 Å². The minimum atomic E-state index is -2.46. The summed E-state index contributed by atoms with van der Waals surface area (Å²) in [5.41, 5.74) is 4.33. The summed E-state index contributed by atoms with van der Waals surface area (Å²) in [7, 11) is -2.46. The van der Waals surface area contributed by atoms with Gasteiger partial charge in [0.05, 0.1) is 5.41 Å². The predicted octanol–water partition coefficient (Wildman–Crippen LogP) is 13.3. The Bertz CT molecular complexity index is 2260. The van der Waals surface area contributed by atoms with E-state index in [1.165, 1.54) is 51.9 Å². The smallest absolute Gasteiger partial charge is 0.323 e. The van der Waals surface area contributed by atoms with Gasteiger partial charge in [0.1, 0.15) is 0 Å². The van der Waals surface area contributed by atoms with Crippen LogP contribution in [0.5, 0.6) is 0 Å². The third-order valence-electron chi connectivity index (χ3n) is 12.3. The first-order valence-corrected chi connectivity index (χ1v) is 20.4. The molecule has 7 aromatic carbocycles. The van der Waals surface area contributed by atoms with Gasteiger partial charge in [0.25, 0.3) is 0 Å². The topological polar surface area (TPSA) is 26.3 Å². The fourth-order valence-corrected chi connectivity index (χ4v) is 13.4. The van der Waals surface area contributed by atoms with Crippen LogP contribution in [0, 0.1) is 23.2 Å². The SMILES string of the molecule is O=C(OS(c1ccccc1)(c1ccc(-c2cccc3ccccc23)cc1)c1ccc(-c2cccc3ccccc23)cc1)C12CC3CC(CC(C3)C1)C2. The highest BCUT2D eigenvalue weighted by Crippen LogP contribution is 2.71. The molecule has 2 nitrogen and oxygen atoms in total. The zero-order chi connectivity index (χ0) is 34.7. The maximum atomic E-state index is 15.1. The highest BCUT2D eigenvalue weighted by Gasteiger charge is 2.57. The number of rotatable bonds is 7. The van der Waals surface area contributed by atoms with Crippen molar-refractivity contribution >= 4 is 37.8 Å². The van der Waals surface area contributed by atoms with Gasteiger partial charge in [-0.25, -0.2) is 0 Å². The molecule has 256 valence electrons. The minimum absolute atomic E-state index is 0.0155. The summed E-state index contributed by atoms with van der Waals surface area (Å²) in [6, 6.07) is 58.5. The normalized spacial score (nSPS) is 22.4. The van der Waals surface area contributed by atoms with Gasteiger partial charge >= 0.3 is 5.97 Å². The summed E-state index contributed by atoms with van der Waals surface area (Å²) in [5.74, 6) is 1.97. The van der Waals surface area contributed by atoms with Crippen LogP contribution in [0.15, 0.2) is 178 Å². The van der Waals surface area contributed by atoms with Crippen molar-refractivity contribution in [3.8, 4) is 22.3 Å².